The van der Waals surface area contributed by atoms with Crippen molar-refractivity contribution >= 4 is 11.8 Å². The number of ether oxygens (including phenoxy) is 1. The van der Waals surface area contributed by atoms with Crippen molar-refractivity contribution < 1.29 is 18.7 Å². The minimum atomic E-state index is -0.522. The SMILES string of the molecule is Cc1cc(C(=O)COC(=O)Cc2coc(-c3ccccc3)n2)c(C)[nH]1. The Morgan fingerprint density at radius 3 is 2.64 bits per heavy atom. The molecule has 1 aromatic carbocycles. The number of hydrogen-bond donors (Lipinski definition) is 1. The maximum absolute atomic E-state index is 12.1. The highest BCUT2D eigenvalue weighted by molar-refractivity contribution is 5.99. The fraction of sp³-hybridized carbons (Fsp3) is 0.211. The standard InChI is InChI=1S/C19H18N2O4/c1-12-8-16(13(2)20-12)17(22)11-24-18(23)9-15-10-25-19(21-15)14-6-4-3-5-7-14/h3-8,10,20H,9,11H2,1-2H3. The first-order valence-corrected chi connectivity index (χ1v) is 7.88. The van der Waals surface area contributed by atoms with Crippen LogP contribution in [0.2, 0.25) is 0 Å². The van der Waals surface area contributed by atoms with Crippen LogP contribution >= 0.6 is 0 Å². The van der Waals surface area contributed by atoms with Gasteiger partial charge in [0.1, 0.15) is 6.26 Å². The van der Waals surface area contributed by atoms with Crippen LogP contribution in [0.15, 0.2) is 47.1 Å². The van der Waals surface area contributed by atoms with Crippen LogP contribution < -0.4 is 0 Å². The molecular weight excluding hydrogens is 320 g/mol. The number of H-pyrrole nitrogens is 1. The summed E-state index contributed by atoms with van der Waals surface area (Å²) in [6.45, 7) is 3.38. The number of benzene rings is 1. The molecule has 2 heterocycles. The molecule has 0 saturated carbocycles. The molecule has 6 nitrogen and oxygen atoms in total. The second-order valence-electron chi connectivity index (χ2n) is 5.76. The molecule has 25 heavy (non-hydrogen) atoms. The van der Waals surface area contributed by atoms with E-state index in [4.69, 9.17) is 9.15 Å². The average Bonchev–Trinajstić information content (AvgIpc) is 3.19. The molecule has 6 heteroatoms. The van der Waals surface area contributed by atoms with Crippen molar-refractivity contribution in [1.82, 2.24) is 9.97 Å². The normalized spacial score (nSPS) is 10.6. The van der Waals surface area contributed by atoms with Gasteiger partial charge < -0.3 is 14.1 Å². The number of nitrogens with zero attached hydrogens (tertiary/aromatic N) is 1. The first-order chi connectivity index (χ1) is 12.0. The molecule has 1 N–H and O–H groups in total. The molecule has 2 aromatic heterocycles. The number of aromatic amines is 1. The molecule has 0 radical (unpaired) electrons. The van der Waals surface area contributed by atoms with Crippen molar-refractivity contribution in [3.63, 3.8) is 0 Å². The van der Waals surface area contributed by atoms with Gasteiger partial charge in [0.2, 0.25) is 11.7 Å². The summed E-state index contributed by atoms with van der Waals surface area (Å²) in [7, 11) is 0. The third-order valence-corrected chi connectivity index (χ3v) is 3.71. The van der Waals surface area contributed by atoms with E-state index in [0.717, 1.165) is 17.0 Å². The zero-order valence-corrected chi connectivity index (χ0v) is 14.0. The van der Waals surface area contributed by atoms with E-state index in [-0.39, 0.29) is 18.8 Å². The fourth-order valence-electron chi connectivity index (χ4n) is 2.54. The van der Waals surface area contributed by atoms with E-state index in [0.29, 0.717) is 17.1 Å². The number of ketones is 1. The summed E-state index contributed by atoms with van der Waals surface area (Å²) in [5.74, 6) is -0.315. The maximum Gasteiger partial charge on any atom is 0.312 e. The second-order valence-corrected chi connectivity index (χ2v) is 5.76. The zero-order chi connectivity index (χ0) is 17.8. The predicted octanol–water partition coefficient (Wildman–Crippen LogP) is 3.26. The molecule has 0 fully saturated rings. The molecule has 0 unspecified atom stereocenters. The highest BCUT2D eigenvalue weighted by Crippen LogP contribution is 2.18. The van der Waals surface area contributed by atoms with Gasteiger partial charge in [-0.15, -0.1) is 0 Å². The van der Waals surface area contributed by atoms with Crippen LogP contribution in [0.5, 0.6) is 0 Å². The number of Topliss-reactive ketones (excluding diaryl/α,β-unsaturated/α-hetero) is 1. The van der Waals surface area contributed by atoms with Crippen LogP contribution in [0, 0.1) is 13.8 Å². The lowest BCUT2D eigenvalue weighted by atomic mass is 10.1. The highest BCUT2D eigenvalue weighted by Gasteiger charge is 2.16. The maximum atomic E-state index is 12.1. The van der Waals surface area contributed by atoms with E-state index < -0.39 is 5.97 Å². The van der Waals surface area contributed by atoms with E-state index in [1.54, 1.807) is 6.07 Å². The Morgan fingerprint density at radius 2 is 1.96 bits per heavy atom. The number of aryl methyl sites for hydroxylation is 2. The van der Waals surface area contributed by atoms with E-state index in [1.807, 2.05) is 44.2 Å². The predicted molar refractivity (Wildman–Crippen MR) is 91.2 cm³/mol. The average molecular weight is 338 g/mol. The quantitative estimate of drug-likeness (QED) is 0.551. The van der Waals surface area contributed by atoms with Crippen molar-refractivity contribution in [3.05, 3.63) is 65.3 Å². The first-order valence-electron chi connectivity index (χ1n) is 7.88. The molecule has 3 aromatic rings. The third kappa shape index (κ3) is 4.03. The molecule has 0 amide bonds. The Balaban J connectivity index is 1.55. The number of aromatic nitrogens is 2. The number of hydrogen-bond acceptors (Lipinski definition) is 5. The van der Waals surface area contributed by atoms with Crippen molar-refractivity contribution in [2.45, 2.75) is 20.3 Å². The van der Waals surface area contributed by atoms with Crippen LogP contribution in [0.1, 0.15) is 27.4 Å². The lowest BCUT2D eigenvalue weighted by Gasteiger charge is -2.02. The largest absolute Gasteiger partial charge is 0.457 e. The number of carbonyl (C=O) groups is 2. The number of carbonyl (C=O) groups excluding carboxylic acids is 2. The lowest BCUT2D eigenvalue weighted by Crippen LogP contribution is -2.16. The number of rotatable bonds is 6. The molecule has 0 spiro atoms. The Bertz CT molecular complexity index is 893. The molecular formula is C19H18N2O4. The summed E-state index contributed by atoms with van der Waals surface area (Å²) < 4.78 is 10.4. The number of esters is 1. The lowest BCUT2D eigenvalue weighted by molar-refractivity contribution is -0.141. The second kappa shape index (κ2) is 7.17. The minimum absolute atomic E-state index is 0.0469. The van der Waals surface area contributed by atoms with Crippen molar-refractivity contribution in [1.29, 1.82) is 0 Å². The summed E-state index contributed by atoms with van der Waals surface area (Å²) in [6, 6.07) is 11.1. The summed E-state index contributed by atoms with van der Waals surface area (Å²) in [4.78, 5) is 31.3. The van der Waals surface area contributed by atoms with E-state index >= 15 is 0 Å². The van der Waals surface area contributed by atoms with Crippen molar-refractivity contribution in [3.8, 4) is 11.5 Å². The van der Waals surface area contributed by atoms with Crippen LogP contribution in [-0.2, 0) is 16.0 Å². The summed E-state index contributed by atoms with van der Waals surface area (Å²) >= 11 is 0. The Labute approximate surface area is 144 Å². The smallest absolute Gasteiger partial charge is 0.312 e. The van der Waals surface area contributed by atoms with Gasteiger partial charge in [0, 0.05) is 22.5 Å². The molecule has 128 valence electrons. The van der Waals surface area contributed by atoms with Crippen LogP contribution in [-0.4, -0.2) is 28.3 Å². The van der Waals surface area contributed by atoms with Gasteiger partial charge >= 0.3 is 5.97 Å². The zero-order valence-electron chi connectivity index (χ0n) is 14.0. The molecule has 0 saturated heterocycles. The number of nitrogens with one attached hydrogen (secondary N) is 1. The topological polar surface area (TPSA) is 85.2 Å². The third-order valence-electron chi connectivity index (χ3n) is 3.71. The van der Waals surface area contributed by atoms with Gasteiger partial charge in [-0.3, -0.25) is 9.59 Å². The van der Waals surface area contributed by atoms with E-state index in [2.05, 4.69) is 9.97 Å². The molecule has 0 aliphatic heterocycles. The van der Waals surface area contributed by atoms with Crippen molar-refractivity contribution in [2.24, 2.45) is 0 Å². The first kappa shape index (κ1) is 16.7. The Morgan fingerprint density at radius 1 is 1.20 bits per heavy atom. The molecule has 0 atom stereocenters. The van der Waals surface area contributed by atoms with Gasteiger partial charge in [-0.1, -0.05) is 18.2 Å². The van der Waals surface area contributed by atoms with Gasteiger partial charge in [-0.05, 0) is 32.0 Å². The highest BCUT2D eigenvalue weighted by atomic mass is 16.5. The van der Waals surface area contributed by atoms with Gasteiger partial charge in [-0.25, -0.2) is 4.98 Å². The van der Waals surface area contributed by atoms with Gasteiger partial charge in [-0.2, -0.15) is 0 Å². The minimum Gasteiger partial charge on any atom is -0.457 e. The monoisotopic (exact) mass is 338 g/mol. The molecule has 0 aliphatic rings. The molecule has 0 bridgehead atoms. The van der Waals surface area contributed by atoms with Gasteiger partial charge in [0.05, 0.1) is 12.1 Å². The molecule has 0 aliphatic carbocycles. The Kier molecular flexibility index (Phi) is 4.79. The van der Waals surface area contributed by atoms with Crippen LogP contribution in [0.25, 0.3) is 11.5 Å². The summed E-state index contributed by atoms with van der Waals surface area (Å²) in [5, 5.41) is 0. The van der Waals surface area contributed by atoms with Gasteiger partial charge in [0.15, 0.2) is 6.61 Å². The van der Waals surface area contributed by atoms with Crippen LogP contribution in [0.3, 0.4) is 0 Å². The molecule has 3 rings (SSSR count). The van der Waals surface area contributed by atoms with Gasteiger partial charge in [0.25, 0.3) is 0 Å². The van der Waals surface area contributed by atoms with Crippen LogP contribution in [0.4, 0.5) is 0 Å². The van der Waals surface area contributed by atoms with Crippen molar-refractivity contribution in [2.75, 3.05) is 6.61 Å². The van der Waals surface area contributed by atoms with E-state index in [9.17, 15) is 9.59 Å². The number of oxazole rings is 1. The summed E-state index contributed by atoms with van der Waals surface area (Å²) in [5.41, 5.74) is 3.49. The summed E-state index contributed by atoms with van der Waals surface area (Å²) in [6.07, 6.45) is 1.37. The Hall–Kier alpha value is -3.15. The van der Waals surface area contributed by atoms with E-state index in [1.165, 1.54) is 6.26 Å². The fourth-order valence-corrected chi connectivity index (χ4v) is 2.54.